The van der Waals surface area contributed by atoms with Crippen molar-refractivity contribution in [2.75, 3.05) is 6.61 Å². The lowest BCUT2D eigenvalue weighted by molar-refractivity contribution is -0.137. The standard InChI is InChI=1S/C14H12F3NO2S/c15-14(16,17)10-3-1-4-11(7-10)20-9-13(19)18-8-12-5-2-6-21-12/h1-7H,8-9H2,(H,18,19). The van der Waals surface area contributed by atoms with Gasteiger partial charge in [0.25, 0.3) is 5.91 Å². The highest BCUT2D eigenvalue weighted by atomic mass is 32.1. The monoisotopic (exact) mass is 315 g/mol. The van der Waals surface area contributed by atoms with Gasteiger partial charge < -0.3 is 10.1 Å². The Morgan fingerprint density at radius 2 is 2.05 bits per heavy atom. The number of carbonyl (C=O) groups is 1. The Labute approximate surface area is 123 Å². The predicted molar refractivity (Wildman–Crippen MR) is 73.1 cm³/mol. The van der Waals surface area contributed by atoms with E-state index in [0.717, 1.165) is 17.0 Å². The lowest BCUT2D eigenvalue weighted by atomic mass is 10.2. The number of ether oxygens (including phenoxy) is 1. The maximum Gasteiger partial charge on any atom is 0.416 e. The highest BCUT2D eigenvalue weighted by Crippen LogP contribution is 2.31. The molecule has 21 heavy (non-hydrogen) atoms. The molecule has 0 aliphatic rings. The molecule has 1 N–H and O–H groups in total. The molecule has 0 radical (unpaired) electrons. The summed E-state index contributed by atoms with van der Waals surface area (Å²) in [6.07, 6.45) is -4.43. The summed E-state index contributed by atoms with van der Waals surface area (Å²) >= 11 is 1.50. The number of thiophene rings is 1. The Balaban J connectivity index is 1.83. The molecule has 0 saturated heterocycles. The summed E-state index contributed by atoms with van der Waals surface area (Å²) in [6, 6.07) is 8.17. The molecule has 0 fully saturated rings. The number of rotatable bonds is 5. The Morgan fingerprint density at radius 3 is 2.71 bits per heavy atom. The van der Waals surface area contributed by atoms with Gasteiger partial charge in [0.2, 0.25) is 0 Å². The van der Waals surface area contributed by atoms with Gasteiger partial charge in [0.05, 0.1) is 12.1 Å². The van der Waals surface area contributed by atoms with E-state index in [2.05, 4.69) is 5.32 Å². The van der Waals surface area contributed by atoms with E-state index >= 15 is 0 Å². The van der Waals surface area contributed by atoms with Crippen LogP contribution in [-0.4, -0.2) is 12.5 Å². The first-order valence-electron chi connectivity index (χ1n) is 6.04. The van der Waals surface area contributed by atoms with Crippen molar-refractivity contribution in [1.82, 2.24) is 5.32 Å². The molecule has 0 spiro atoms. The largest absolute Gasteiger partial charge is 0.484 e. The number of hydrogen-bond donors (Lipinski definition) is 1. The van der Waals surface area contributed by atoms with Gasteiger partial charge in [-0.05, 0) is 29.6 Å². The van der Waals surface area contributed by atoms with Crippen LogP contribution in [-0.2, 0) is 17.5 Å². The van der Waals surface area contributed by atoms with Crippen LogP contribution in [0.3, 0.4) is 0 Å². The van der Waals surface area contributed by atoms with Crippen LogP contribution in [0.5, 0.6) is 5.75 Å². The van der Waals surface area contributed by atoms with E-state index in [1.807, 2.05) is 17.5 Å². The van der Waals surface area contributed by atoms with E-state index in [1.54, 1.807) is 0 Å². The van der Waals surface area contributed by atoms with Crippen molar-refractivity contribution in [3.05, 3.63) is 52.2 Å². The first-order chi connectivity index (χ1) is 9.95. The number of carbonyl (C=O) groups excluding carboxylic acids is 1. The average Bonchev–Trinajstić information content (AvgIpc) is 2.95. The fourth-order valence-corrected chi connectivity index (χ4v) is 2.21. The second-order valence-corrected chi connectivity index (χ2v) is 5.20. The Kier molecular flexibility index (Phi) is 4.85. The second-order valence-electron chi connectivity index (χ2n) is 4.17. The van der Waals surface area contributed by atoms with Crippen LogP contribution in [0.2, 0.25) is 0 Å². The molecule has 0 saturated carbocycles. The van der Waals surface area contributed by atoms with Crippen LogP contribution in [0.25, 0.3) is 0 Å². The molecule has 1 aromatic heterocycles. The highest BCUT2D eigenvalue weighted by molar-refractivity contribution is 7.09. The van der Waals surface area contributed by atoms with Crippen LogP contribution in [0, 0.1) is 0 Å². The fourth-order valence-electron chi connectivity index (χ4n) is 1.56. The van der Waals surface area contributed by atoms with E-state index < -0.39 is 11.7 Å². The predicted octanol–water partition coefficient (Wildman–Crippen LogP) is 3.46. The van der Waals surface area contributed by atoms with Crippen LogP contribution in [0.15, 0.2) is 41.8 Å². The Morgan fingerprint density at radius 1 is 1.24 bits per heavy atom. The van der Waals surface area contributed by atoms with Crippen LogP contribution >= 0.6 is 11.3 Å². The van der Waals surface area contributed by atoms with Crippen molar-refractivity contribution in [2.24, 2.45) is 0 Å². The summed E-state index contributed by atoms with van der Waals surface area (Å²) in [4.78, 5) is 12.5. The van der Waals surface area contributed by atoms with Gasteiger partial charge >= 0.3 is 6.18 Å². The van der Waals surface area contributed by atoms with E-state index in [1.165, 1.54) is 23.5 Å². The molecular formula is C14H12F3NO2S. The van der Waals surface area contributed by atoms with Crippen molar-refractivity contribution < 1.29 is 22.7 Å². The summed E-state index contributed by atoms with van der Waals surface area (Å²) in [5.41, 5.74) is -0.806. The van der Waals surface area contributed by atoms with Gasteiger partial charge in [0, 0.05) is 4.88 Å². The maximum atomic E-state index is 12.5. The Hall–Kier alpha value is -2.02. The van der Waals surface area contributed by atoms with E-state index in [4.69, 9.17) is 4.74 Å². The summed E-state index contributed by atoms with van der Waals surface area (Å²) in [5, 5.41) is 4.51. The zero-order valence-electron chi connectivity index (χ0n) is 10.8. The lowest BCUT2D eigenvalue weighted by Gasteiger charge is -2.10. The minimum absolute atomic E-state index is 0.0103. The van der Waals surface area contributed by atoms with Crippen LogP contribution in [0.1, 0.15) is 10.4 Å². The number of halogens is 3. The third kappa shape index (κ3) is 4.78. The molecule has 0 bridgehead atoms. The minimum atomic E-state index is -4.43. The minimum Gasteiger partial charge on any atom is -0.484 e. The van der Waals surface area contributed by atoms with Gasteiger partial charge in [0.15, 0.2) is 6.61 Å². The molecule has 0 atom stereocenters. The molecule has 0 unspecified atom stereocenters. The van der Waals surface area contributed by atoms with Crippen molar-refractivity contribution in [1.29, 1.82) is 0 Å². The summed E-state index contributed by atoms with van der Waals surface area (Å²) in [6.45, 7) is 0.0507. The first kappa shape index (κ1) is 15.4. The number of benzene rings is 1. The molecule has 2 aromatic rings. The van der Waals surface area contributed by atoms with E-state index in [0.29, 0.717) is 6.54 Å². The summed E-state index contributed by atoms with van der Waals surface area (Å²) in [7, 11) is 0. The molecule has 2 rings (SSSR count). The van der Waals surface area contributed by atoms with Gasteiger partial charge in [-0.25, -0.2) is 0 Å². The highest BCUT2D eigenvalue weighted by Gasteiger charge is 2.30. The SMILES string of the molecule is O=C(COc1cccc(C(F)(F)F)c1)NCc1cccs1. The van der Waals surface area contributed by atoms with E-state index in [9.17, 15) is 18.0 Å². The third-order valence-corrected chi connectivity index (χ3v) is 3.45. The van der Waals surface area contributed by atoms with Gasteiger partial charge in [-0.3, -0.25) is 4.79 Å². The summed E-state index contributed by atoms with van der Waals surface area (Å²) < 4.78 is 42.6. The molecule has 112 valence electrons. The first-order valence-corrected chi connectivity index (χ1v) is 6.92. The quantitative estimate of drug-likeness (QED) is 0.917. The van der Waals surface area contributed by atoms with Crippen LogP contribution < -0.4 is 10.1 Å². The molecule has 1 heterocycles. The van der Waals surface area contributed by atoms with Crippen LogP contribution in [0.4, 0.5) is 13.2 Å². The molecule has 0 aliphatic carbocycles. The van der Waals surface area contributed by atoms with Crippen molar-refractivity contribution in [3.63, 3.8) is 0 Å². The van der Waals surface area contributed by atoms with Crippen molar-refractivity contribution in [3.8, 4) is 5.75 Å². The van der Waals surface area contributed by atoms with Gasteiger partial charge in [-0.15, -0.1) is 11.3 Å². The van der Waals surface area contributed by atoms with Gasteiger partial charge in [-0.2, -0.15) is 13.2 Å². The van der Waals surface area contributed by atoms with E-state index in [-0.39, 0.29) is 18.3 Å². The second kappa shape index (κ2) is 6.62. The number of hydrogen-bond acceptors (Lipinski definition) is 3. The molecule has 7 heteroatoms. The smallest absolute Gasteiger partial charge is 0.416 e. The average molecular weight is 315 g/mol. The third-order valence-electron chi connectivity index (χ3n) is 2.57. The van der Waals surface area contributed by atoms with Crippen molar-refractivity contribution in [2.45, 2.75) is 12.7 Å². The zero-order chi connectivity index (χ0) is 15.3. The molecule has 1 amide bonds. The summed E-state index contributed by atoms with van der Waals surface area (Å²) in [5.74, 6) is -0.378. The maximum absolute atomic E-state index is 12.5. The number of alkyl halides is 3. The van der Waals surface area contributed by atoms with Gasteiger partial charge in [0.1, 0.15) is 5.75 Å². The lowest BCUT2D eigenvalue weighted by Crippen LogP contribution is -2.28. The topological polar surface area (TPSA) is 38.3 Å². The van der Waals surface area contributed by atoms with Crippen molar-refractivity contribution >= 4 is 17.2 Å². The molecule has 3 nitrogen and oxygen atoms in total. The molecule has 1 aromatic carbocycles. The normalized spacial score (nSPS) is 11.2. The number of amides is 1. The zero-order valence-corrected chi connectivity index (χ0v) is 11.6. The van der Waals surface area contributed by atoms with Gasteiger partial charge in [-0.1, -0.05) is 12.1 Å². The molecule has 0 aliphatic heterocycles. The Bertz CT molecular complexity index is 597. The molecular weight excluding hydrogens is 303 g/mol. The fraction of sp³-hybridized carbons (Fsp3) is 0.214. The number of nitrogens with one attached hydrogen (secondary N) is 1.